The highest BCUT2D eigenvalue weighted by Gasteiger charge is 2.42. The summed E-state index contributed by atoms with van der Waals surface area (Å²) in [4.78, 5) is 12.2. The van der Waals surface area contributed by atoms with Crippen LogP contribution >= 0.6 is 11.8 Å². The van der Waals surface area contributed by atoms with Crippen LogP contribution in [0, 0.1) is 5.92 Å². The van der Waals surface area contributed by atoms with E-state index in [1.807, 2.05) is 0 Å². The predicted molar refractivity (Wildman–Crippen MR) is 141 cm³/mol. The number of esters is 1. The van der Waals surface area contributed by atoms with Crippen molar-refractivity contribution in [3.05, 3.63) is 108 Å². The van der Waals surface area contributed by atoms with E-state index in [0.717, 1.165) is 6.42 Å². The van der Waals surface area contributed by atoms with E-state index >= 15 is 0 Å². The monoisotopic (exact) mass is 474 g/mol. The Balaban J connectivity index is 1.83. The third kappa shape index (κ3) is 5.22. The number of hydrogen-bond donors (Lipinski definition) is 2. The number of hydrogen-bond acceptors (Lipinski definition) is 5. The van der Waals surface area contributed by atoms with E-state index in [2.05, 4.69) is 115 Å². The van der Waals surface area contributed by atoms with Crippen LogP contribution in [0.25, 0.3) is 0 Å². The number of ether oxygens (including phenoxy) is 1. The largest absolute Gasteiger partial charge is 0.468 e. The molecule has 0 radical (unpaired) electrons. The summed E-state index contributed by atoms with van der Waals surface area (Å²) in [7, 11) is 1.46. The molecule has 4 nitrogen and oxygen atoms in total. The molecule has 0 unspecified atom stereocenters. The van der Waals surface area contributed by atoms with E-state index in [1.165, 1.54) is 23.8 Å². The Hall–Kier alpha value is -2.60. The molecule has 0 aromatic heterocycles. The number of nitrogens with one attached hydrogen (secondary N) is 2. The van der Waals surface area contributed by atoms with E-state index < -0.39 is 5.54 Å². The van der Waals surface area contributed by atoms with Gasteiger partial charge in [-0.2, -0.15) is 0 Å². The van der Waals surface area contributed by atoms with Crippen LogP contribution in [-0.4, -0.2) is 36.3 Å². The molecule has 178 valence electrons. The standard InChI is InChI=1S/C29H34N2O2S/c1-21(2)19-25(27-30-26(20-34-27)28(32)33-3)31-29(22-13-7-4-8-14-22,23-15-9-5-10-16-23)24-17-11-6-12-18-24/h4-18,21,25-27,30-31H,19-20H2,1-3H3/t25-,26-,27+/m0/s1. The third-order valence-electron chi connectivity index (χ3n) is 6.41. The molecule has 0 saturated carbocycles. The van der Waals surface area contributed by atoms with Crippen LogP contribution in [0.3, 0.4) is 0 Å². The Morgan fingerprint density at radius 3 is 1.82 bits per heavy atom. The summed E-state index contributed by atoms with van der Waals surface area (Å²) in [5.74, 6) is 0.999. The third-order valence-corrected chi connectivity index (χ3v) is 7.76. The van der Waals surface area contributed by atoms with Crippen molar-refractivity contribution in [1.29, 1.82) is 0 Å². The second kappa shape index (κ2) is 11.2. The van der Waals surface area contributed by atoms with Crippen LogP contribution < -0.4 is 10.6 Å². The van der Waals surface area contributed by atoms with Crippen molar-refractivity contribution < 1.29 is 9.53 Å². The molecule has 34 heavy (non-hydrogen) atoms. The maximum atomic E-state index is 12.2. The fourth-order valence-electron chi connectivity index (χ4n) is 4.86. The first-order valence-electron chi connectivity index (χ1n) is 11.9. The topological polar surface area (TPSA) is 50.4 Å². The summed E-state index contributed by atoms with van der Waals surface area (Å²) in [6.45, 7) is 4.50. The van der Waals surface area contributed by atoms with Gasteiger partial charge in [0, 0.05) is 11.8 Å². The molecule has 3 aromatic rings. The molecule has 0 amide bonds. The number of benzene rings is 3. The first kappa shape index (κ1) is 24.5. The molecule has 3 aromatic carbocycles. The van der Waals surface area contributed by atoms with Gasteiger partial charge in [-0.05, 0) is 29.0 Å². The van der Waals surface area contributed by atoms with Gasteiger partial charge in [0.05, 0.1) is 18.0 Å². The minimum atomic E-state index is -0.547. The quantitative estimate of drug-likeness (QED) is 0.330. The molecule has 5 heteroatoms. The van der Waals surface area contributed by atoms with E-state index in [1.54, 1.807) is 11.8 Å². The highest BCUT2D eigenvalue weighted by molar-refractivity contribution is 8.00. The molecule has 1 saturated heterocycles. The number of methoxy groups -OCH3 is 1. The van der Waals surface area contributed by atoms with Crippen LogP contribution in [0.2, 0.25) is 0 Å². The molecule has 1 fully saturated rings. The summed E-state index contributed by atoms with van der Waals surface area (Å²) in [5, 5.41) is 7.77. The number of rotatable bonds is 9. The van der Waals surface area contributed by atoms with Crippen molar-refractivity contribution in [2.24, 2.45) is 5.92 Å². The summed E-state index contributed by atoms with van der Waals surface area (Å²) in [6, 6.07) is 31.8. The number of carbonyl (C=O) groups is 1. The van der Waals surface area contributed by atoms with Gasteiger partial charge in [-0.3, -0.25) is 15.4 Å². The van der Waals surface area contributed by atoms with Gasteiger partial charge >= 0.3 is 5.97 Å². The zero-order valence-corrected chi connectivity index (χ0v) is 20.9. The molecule has 4 rings (SSSR count). The highest BCUT2D eigenvalue weighted by Crippen LogP contribution is 2.39. The average molecular weight is 475 g/mol. The SMILES string of the molecule is COC(=O)[C@@H]1CS[C@H]([C@H](CC(C)C)NC(c2ccccc2)(c2ccccc2)c2ccccc2)N1. The summed E-state index contributed by atoms with van der Waals surface area (Å²) in [5.41, 5.74) is 3.02. The molecule has 0 bridgehead atoms. The Morgan fingerprint density at radius 1 is 0.941 bits per heavy atom. The van der Waals surface area contributed by atoms with Crippen LogP contribution in [0.1, 0.15) is 37.0 Å². The second-order valence-corrected chi connectivity index (χ2v) is 10.4. The van der Waals surface area contributed by atoms with Gasteiger partial charge in [-0.25, -0.2) is 0 Å². The fourth-order valence-corrected chi connectivity index (χ4v) is 6.17. The van der Waals surface area contributed by atoms with Gasteiger partial charge in [-0.15, -0.1) is 11.8 Å². The van der Waals surface area contributed by atoms with Crippen LogP contribution in [0.4, 0.5) is 0 Å². The van der Waals surface area contributed by atoms with Gasteiger partial charge in [0.1, 0.15) is 6.04 Å². The lowest BCUT2D eigenvalue weighted by molar-refractivity contribution is -0.142. The van der Waals surface area contributed by atoms with Gasteiger partial charge in [0.15, 0.2) is 0 Å². The van der Waals surface area contributed by atoms with Crippen molar-refractivity contribution in [3.63, 3.8) is 0 Å². The van der Waals surface area contributed by atoms with Crippen LogP contribution in [0.5, 0.6) is 0 Å². The first-order valence-corrected chi connectivity index (χ1v) is 13.0. The Bertz CT molecular complexity index is 947. The minimum absolute atomic E-state index is 0.0852. The van der Waals surface area contributed by atoms with E-state index in [0.29, 0.717) is 11.7 Å². The Morgan fingerprint density at radius 2 is 1.41 bits per heavy atom. The zero-order chi connectivity index (χ0) is 24.0. The highest BCUT2D eigenvalue weighted by atomic mass is 32.2. The molecular weight excluding hydrogens is 440 g/mol. The van der Waals surface area contributed by atoms with E-state index in [9.17, 15) is 4.79 Å². The van der Waals surface area contributed by atoms with Crippen molar-refractivity contribution in [2.45, 2.75) is 43.3 Å². The normalized spacial score (nSPS) is 19.2. The summed E-state index contributed by atoms with van der Waals surface area (Å²) in [6.07, 6.45) is 0.965. The fraction of sp³-hybridized carbons (Fsp3) is 0.345. The smallest absolute Gasteiger partial charge is 0.323 e. The number of thioether (sulfide) groups is 1. The van der Waals surface area contributed by atoms with Crippen molar-refractivity contribution in [1.82, 2.24) is 10.6 Å². The minimum Gasteiger partial charge on any atom is -0.468 e. The molecule has 0 spiro atoms. The molecule has 1 aliphatic rings. The Kier molecular flexibility index (Phi) is 8.09. The summed E-state index contributed by atoms with van der Waals surface area (Å²) >= 11 is 1.80. The van der Waals surface area contributed by atoms with Crippen molar-refractivity contribution >= 4 is 17.7 Å². The second-order valence-electron chi connectivity index (χ2n) is 9.22. The van der Waals surface area contributed by atoms with Crippen molar-refractivity contribution in [3.8, 4) is 0 Å². The Labute approximate surface area is 207 Å². The maximum absolute atomic E-state index is 12.2. The lowest BCUT2D eigenvalue weighted by Gasteiger charge is -2.42. The van der Waals surface area contributed by atoms with Gasteiger partial charge < -0.3 is 4.74 Å². The van der Waals surface area contributed by atoms with Gasteiger partial charge in [0.2, 0.25) is 0 Å². The van der Waals surface area contributed by atoms with E-state index in [-0.39, 0.29) is 23.4 Å². The maximum Gasteiger partial charge on any atom is 0.323 e. The number of carbonyl (C=O) groups excluding carboxylic acids is 1. The van der Waals surface area contributed by atoms with Crippen LogP contribution in [-0.2, 0) is 15.1 Å². The molecule has 3 atom stereocenters. The van der Waals surface area contributed by atoms with Crippen LogP contribution in [0.15, 0.2) is 91.0 Å². The zero-order valence-electron chi connectivity index (χ0n) is 20.1. The van der Waals surface area contributed by atoms with Gasteiger partial charge in [0.25, 0.3) is 0 Å². The predicted octanol–water partition coefficient (Wildman–Crippen LogP) is 5.19. The lowest BCUT2D eigenvalue weighted by Crippen LogP contribution is -2.56. The van der Waals surface area contributed by atoms with E-state index in [4.69, 9.17) is 4.74 Å². The lowest BCUT2D eigenvalue weighted by atomic mass is 9.76. The molecule has 1 heterocycles. The molecular formula is C29H34N2O2S. The van der Waals surface area contributed by atoms with Gasteiger partial charge in [-0.1, -0.05) is 105 Å². The summed E-state index contributed by atoms with van der Waals surface area (Å²) < 4.78 is 5.02. The first-order chi connectivity index (χ1) is 16.5. The van der Waals surface area contributed by atoms with Crippen molar-refractivity contribution in [2.75, 3.05) is 12.9 Å². The molecule has 0 aliphatic carbocycles. The average Bonchev–Trinajstić information content (AvgIpc) is 3.38. The molecule has 2 N–H and O–H groups in total. The molecule has 1 aliphatic heterocycles.